The van der Waals surface area contributed by atoms with Gasteiger partial charge in [-0.25, -0.2) is 0 Å². The molecule has 5 rings (SSSR count). The Balaban J connectivity index is 1.39. The van der Waals surface area contributed by atoms with E-state index in [4.69, 9.17) is 21.1 Å². The third kappa shape index (κ3) is 3.94. The molecule has 0 saturated carbocycles. The molecule has 0 radical (unpaired) electrons. The molecule has 11 heteroatoms. The van der Waals surface area contributed by atoms with Gasteiger partial charge in [-0.15, -0.1) is 0 Å². The van der Waals surface area contributed by atoms with Crippen LogP contribution in [0.4, 0.5) is 10.5 Å². The van der Waals surface area contributed by atoms with E-state index < -0.39 is 16.1 Å². The van der Waals surface area contributed by atoms with Crippen molar-refractivity contribution in [3.63, 3.8) is 0 Å². The minimum atomic E-state index is -0.469. The van der Waals surface area contributed by atoms with Crippen LogP contribution in [0, 0.1) is 10.1 Å². The standard InChI is InChI=1S/C22H14ClN3O6S/c23-17-10-19-18(31-12-32-19)8-13(17)11-25-21(27)20(33-22(25)28)9-16-2-1-7-24(16)14-3-5-15(6-4-14)26(29)30/h1-10H,11-12H2/b20-9-. The number of carbonyl (C=O) groups excluding carboxylic acids is 2. The molecule has 3 aromatic rings. The third-order valence-electron chi connectivity index (χ3n) is 5.14. The highest BCUT2D eigenvalue weighted by molar-refractivity contribution is 8.18. The fraction of sp³-hybridized carbons (Fsp3) is 0.0909. The first kappa shape index (κ1) is 21.1. The predicted octanol–water partition coefficient (Wildman–Crippen LogP) is 5.00. The van der Waals surface area contributed by atoms with Crippen molar-refractivity contribution < 1.29 is 24.0 Å². The SMILES string of the molecule is O=C1S/C(=C\c2cccn2-c2ccc([N+](=O)[O-])cc2)C(=O)N1Cc1cc2c(cc1Cl)OCO2. The molecule has 0 spiro atoms. The number of imide groups is 1. The summed E-state index contributed by atoms with van der Waals surface area (Å²) < 4.78 is 12.4. The fourth-order valence-electron chi connectivity index (χ4n) is 3.50. The average Bonchev–Trinajstić information content (AvgIpc) is 3.50. The average molecular weight is 484 g/mol. The van der Waals surface area contributed by atoms with Gasteiger partial charge in [-0.3, -0.25) is 24.6 Å². The zero-order valence-electron chi connectivity index (χ0n) is 16.8. The Morgan fingerprint density at radius 3 is 2.58 bits per heavy atom. The van der Waals surface area contributed by atoms with Crippen LogP contribution in [0.5, 0.6) is 11.5 Å². The van der Waals surface area contributed by atoms with Gasteiger partial charge in [0.05, 0.1) is 16.4 Å². The van der Waals surface area contributed by atoms with Crippen LogP contribution >= 0.6 is 23.4 Å². The molecule has 2 amide bonds. The van der Waals surface area contributed by atoms with Gasteiger partial charge in [0.15, 0.2) is 11.5 Å². The number of aromatic nitrogens is 1. The summed E-state index contributed by atoms with van der Waals surface area (Å²) in [5, 5.41) is 10.9. The number of amides is 2. The van der Waals surface area contributed by atoms with E-state index in [-0.39, 0.29) is 23.9 Å². The van der Waals surface area contributed by atoms with Crippen molar-refractivity contribution in [1.29, 1.82) is 0 Å². The van der Waals surface area contributed by atoms with Crippen molar-refractivity contribution in [3.8, 4) is 17.2 Å². The number of fused-ring (bicyclic) bond motifs is 1. The van der Waals surface area contributed by atoms with Gasteiger partial charge in [0, 0.05) is 40.8 Å². The summed E-state index contributed by atoms with van der Waals surface area (Å²) in [7, 11) is 0. The van der Waals surface area contributed by atoms with Crippen molar-refractivity contribution in [2.75, 3.05) is 6.79 Å². The van der Waals surface area contributed by atoms with Gasteiger partial charge in [0.2, 0.25) is 6.79 Å². The van der Waals surface area contributed by atoms with Crippen molar-refractivity contribution in [3.05, 3.63) is 86.0 Å². The van der Waals surface area contributed by atoms with Gasteiger partial charge in [0.1, 0.15) is 0 Å². The first-order chi connectivity index (χ1) is 15.9. The Labute approximate surface area is 196 Å². The molecule has 166 valence electrons. The van der Waals surface area contributed by atoms with E-state index in [0.717, 1.165) is 16.7 Å². The molecular weight excluding hydrogens is 470 g/mol. The molecule has 1 fully saturated rings. The van der Waals surface area contributed by atoms with Crippen LogP contribution in [0.1, 0.15) is 11.3 Å². The van der Waals surface area contributed by atoms with E-state index >= 15 is 0 Å². The lowest BCUT2D eigenvalue weighted by molar-refractivity contribution is -0.384. The number of rotatable bonds is 5. The van der Waals surface area contributed by atoms with Crippen LogP contribution in [0.3, 0.4) is 0 Å². The Morgan fingerprint density at radius 2 is 1.85 bits per heavy atom. The summed E-state index contributed by atoms with van der Waals surface area (Å²) in [6.07, 6.45) is 3.39. The number of hydrogen-bond acceptors (Lipinski definition) is 7. The number of non-ortho nitro benzene ring substituents is 1. The van der Waals surface area contributed by atoms with Gasteiger partial charge >= 0.3 is 0 Å². The second-order valence-electron chi connectivity index (χ2n) is 7.14. The quantitative estimate of drug-likeness (QED) is 0.285. The number of benzene rings is 2. The zero-order valence-corrected chi connectivity index (χ0v) is 18.3. The summed E-state index contributed by atoms with van der Waals surface area (Å²) in [5.74, 6) is 0.595. The molecule has 0 atom stereocenters. The first-order valence-corrected chi connectivity index (χ1v) is 10.9. The number of nitrogens with zero attached hydrogens (tertiary/aromatic N) is 3. The first-order valence-electron chi connectivity index (χ1n) is 9.66. The third-order valence-corrected chi connectivity index (χ3v) is 6.40. The van der Waals surface area contributed by atoms with Gasteiger partial charge < -0.3 is 14.0 Å². The molecule has 0 aliphatic carbocycles. The van der Waals surface area contributed by atoms with Crippen LogP contribution in [-0.4, -0.2) is 32.3 Å². The maximum absolute atomic E-state index is 13.0. The molecule has 1 aromatic heterocycles. The van der Waals surface area contributed by atoms with E-state index in [2.05, 4.69) is 0 Å². The molecule has 1 saturated heterocycles. The minimum absolute atomic E-state index is 0.000838. The monoisotopic (exact) mass is 483 g/mol. The maximum atomic E-state index is 13.0. The molecule has 2 aliphatic rings. The molecule has 0 N–H and O–H groups in total. The zero-order chi connectivity index (χ0) is 23.1. The smallest absolute Gasteiger partial charge is 0.293 e. The number of nitro groups is 1. The van der Waals surface area contributed by atoms with Crippen molar-refractivity contribution in [1.82, 2.24) is 9.47 Å². The number of nitro benzene ring substituents is 1. The van der Waals surface area contributed by atoms with Gasteiger partial charge in [-0.2, -0.15) is 0 Å². The fourth-order valence-corrected chi connectivity index (χ4v) is 4.54. The van der Waals surface area contributed by atoms with Gasteiger partial charge in [-0.1, -0.05) is 11.6 Å². The lowest BCUT2D eigenvalue weighted by Gasteiger charge is -2.14. The van der Waals surface area contributed by atoms with Crippen molar-refractivity contribution in [2.45, 2.75) is 6.54 Å². The number of halogens is 1. The lowest BCUT2D eigenvalue weighted by Crippen LogP contribution is -2.27. The number of hydrogen-bond donors (Lipinski definition) is 0. The summed E-state index contributed by atoms with van der Waals surface area (Å²) in [6.45, 7) is 0.0919. The number of thioether (sulfide) groups is 1. The van der Waals surface area contributed by atoms with E-state index in [1.807, 2.05) is 0 Å². The van der Waals surface area contributed by atoms with Gasteiger partial charge in [-0.05, 0) is 53.7 Å². The highest BCUT2D eigenvalue weighted by Crippen LogP contribution is 2.39. The van der Waals surface area contributed by atoms with E-state index in [1.54, 1.807) is 53.2 Å². The van der Waals surface area contributed by atoms with E-state index in [0.29, 0.717) is 33.5 Å². The second-order valence-corrected chi connectivity index (χ2v) is 8.54. The number of carbonyl (C=O) groups is 2. The Morgan fingerprint density at radius 1 is 1.12 bits per heavy atom. The number of ether oxygens (including phenoxy) is 2. The normalized spacial score (nSPS) is 16.2. The van der Waals surface area contributed by atoms with Crippen LogP contribution in [0.2, 0.25) is 5.02 Å². The molecule has 33 heavy (non-hydrogen) atoms. The molecule has 0 unspecified atom stereocenters. The van der Waals surface area contributed by atoms with Crippen LogP contribution in [0.25, 0.3) is 11.8 Å². The summed E-state index contributed by atoms with van der Waals surface area (Å²) in [6, 6.07) is 12.9. The highest BCUT2D eigenvalue weighted by Gasteiger charge is 2.36. The van der Waals surface area contributed by atoms with E-state index in [1.165, 1.54) is 12.1 Å². The molecule has 0 bridgehead atoms. The van der Waals surface area contributed by atoms with Crippen LogP contribution in [0.15, 0.2) is 59.6 Å². The maximum Gasteiger partial charge on any atom is 0.293 e. The molecular formula is C22H14ClN3O6S. The van der Waals surface area contributed by atoms with Gasteiger partial charge in [0.25, 0.3) is 16.8 Å². The summed E-state index contributed by atoms with van der Waals surface area (Å²) in [5.41, 5.74) is 1.88. The Kier molecular flexibility index (Phi) is 5.31. The summed E-state index contributed by atoms with van der Waals surface area (Å²) >= 11 is 7.14. The second kappa shape index (κ2) is 8.30. The molecule has 2 aliphatic heterocycles. The Bertz CT molecular complexity index is 1330. The van der Waals surface area contributed by atoms with Crippen molar-refractivity contribution in [2.24, 2.45) is 0 Å². The van der Waals surface area contributed by atoms with E-state index in [9.17, 15) is 19.7 Å². The molecule has 3 heterocycles. The molecule has 2 aromatic carbocycles. The summed E-state index contributed by atoms with van der Waals surface area (Å²) in [4.78, 5) is 37.4. The lowest BCUT2D eigenvalue weighted by atomic mass is 10.2. The molecule has 9 nitrogen and oxygen atoms in total. The highest BCUT2D eigenvalue weighted by atomic mass is 35.5. The van der Waals surface area contributed by atoms with Crippen LogP contribution < -0.4 is 9.47 Å². The van der Waals surface area contributed by atoms with Crippen LogP contribution in [-0.2, 0) is 11.3 Å². The van der Waals surface area contributed by atoms with Crippen molar-refractivity contribution >= 4 is 46.3 Å². The topological polar surface area (TPSA) is 104 Å². The largest absolute Gasteiger partial charge is 0.454 e. The predicted molar refractivity (Wildman–Crippen MR) is 122 cm³/mol. The Hall–Kier alpha value is -3.76. The minimum Gasteiger partial charge on any atom is -0.454 e.